The molecule has 2 N–H and O–H groups in total. The lowest BCUT2D eigenvalue weighted by atomic mass is 10.0. The molecule has 0 spiro atoms. The summed E-state index contributed by atoms with van der Waals surface area (Å²) in [4.78, 5) is 0. The van der Waals surface area contributed by atoms with Gasteiger partial charge in [-0.3, -0.25) is 0 Å². The highest BCUT2D eigenvalue weighted by Gasteiger charge is 2.19. The third kappa shape index (κ3) is 2.69. The highest BCUT2D eigenvalue weighted by Crippen LogP contribution is 2.39. The average molecular weight is 364 g/mol. The van der Waals surface area contributed by atoms with Gasteiger partial charge in [0, 0.05) is 15.1 Å². The molecule has 0 bridgehead atoms. The summed E-state index contributed by atoms with van der Waals surface area (Å²) in [6.07, 6.45) is 0. The molecular formula is C16H12BrClN2O. The lowest BCUT2D eigenvalue weighted by Crippen LogP contribution is -1.89. The summed E-state index contributed by atoms with van der Waals surface area (Å²) in [6.45, 7) is 2.03. The first kappa shape index (κ1) is 14.2. The van der Waals surface area contributed by atoms with Gasteiger partial charge in [-0.1, -0.05) is 50.9 Å². The third-order valence-corrected chi connectivity index (χ3v) is 4.13. The maximum atomic E-state index is 5.98. The van der Waals surface area contributed by atoms with Gasteiger partial charge in [0.25, 0.3) is 0 Å². The number of hydrogen-bond donors (Lipinski definition) is 1. The van der Waals surface area contributed by atoms with Gasteiger partial charge in [-0.05, 0) is 42.3 Å². The Kier molecular flexibility index (Phi) is 3.74. The van der Waals surface area contributed by atoms with Crippen LogP contribution < -0.4 is 5.73 Å². The molecule has 3 aromatic rings. The molecule has 3 rings (SSSR count). The molecule has 0 amide bonds. The number of aromatic nitrogens is 1. The molecule has 1 aromatic heterocycles. The Morgan fingerprint density at radius 1 is 1.14 bits per heavy atom. The highest BCUT2D eigenvalue weighted by atomic mass is 79.9. The van der Waals surface area contributed by atoms with Crippen molar-refractivity contribution in [3.8, 4) is 22.5 Å². The van der Waals surface area contributed by atoms with E-state index in [1.807, 2.05) is 49.4 Å². The largest absolute Gasteiger partial charge is 0.380 e. The molecule has 0 fully saturated rings. The fourth-order valence-corrected chi connectivity index (χ4v) is 2.99. The van der Waals surface area contributed by atoms with Crippen LogP contribution in [-0.2, 0) is 0 Å². The summed E-state index contributed by atoms with van der Waals surface area (Å²) >= 11 is 9.50. The van der Waals surface area contributed by atoms with E-state index in [9.17, 15) is 0 Å². The number of benzene rings is 2. The van der Waals surface area contributed by atoms with Crippen molar-refractivity contribution in [1.29, 1.82) is 0 Å². The van der Waals surface area contributed by atoms with Crippen molar-refractivity contribution >= 4 is 33.3 Å². The second kappa shape index (κ2) is 5.54. The zero-order chi connectivity index (χ0) is 15.0. The lowest BCUT2D eigenvalue weighted by molar-refractivity contribution is 0.436. The summed E-state index contributed by atoms with van der Waals surface area (Å²) < 4.78 is 6.39. The zero-order valence-electron chi connectivity index (χ0n) is 11.2. The van der Waals surface area contributed by atoms with E-state index in [0.717, 1.165) is 26.7 Å². The smallest absolute Gasteiger partial charge is 0.178 e. The quantitative estimate of drug-likeness (QED) is 0.671. The van der Waals surface area contributed by atoms with E-state index in [-0.39, 0.29) is 0 Å². The molecule has 0 saturated heterocycles. The van der Waals surface area contributed by atoms with Crippen LogP contribution in [0.25, 0.3) is 22.5 Å². The summed E-state index contributed by atoms with van der Waals surface area (Å²) in [5.41, 5.74) is 9.74. The molecule has 0 radical (unpaired) electrons. The fraction of sp³-hybridized carbons (Fsp3) is 0.0625. The first-order chi connectivity index (χ1) is 10.1. The molecule has 106 valence electrons. The van der Waals surface area contributed by atoms with E-state index in [1.165, 1.54) is 0 Å². The Morgan fingerprint density at radius 3 is 2.52 bits per heavy atom. The van der Waals surface area contributed by atoms with Crippen molar-refractivity contribution in [2.45, 2.75) is 6.92 Å². The molecule has 0 atom stereocenters. The van der Waals surface area contributed by atoms with Crippen LogP contribution in [0.4, 0.5) is 5.82 Å². The van der Waals surface area contributed by atoms with Gasteiger partial charge >= 0.3 is 0 Å². The third-order valence-electron chi connectivity index (χ3n) is 3.22. The van der Waals surface area contributed by atoms with Gasteiger partial charge in [0.1, 0.15) is 0 Å². The van der Waals surface area contributed by atoms with Gasteiger partial charge in [0.2, 0.25) is 0 Å². The molecule has 0 aliphatic heterocycles. The molecule has 3 nitrogen and oxygen atoms in total. The van der Waals surface area contributed by atoms with Crippen LogP contribution in [0.15, 0.2) is 51.5 Å². The predicted molar refractivity (Wildman–Crippen MR) is 89.2 cm³/mol. The standard InChI is InChI=1S/C16H12BrClN2O/c1-9-2-7-12(13(17)8-9)15-14(16(19)20-21-15)10-3-5-11(18)6-4-10/h2-8H,1H3,(H2,19,20). The molecule has 5 heteroatoms. The van der Waals surface area contributed by atoms with Gasteiger partial charge in [-0.2, -0.15) is 0 Å². The number of halogens is 2. The summed E-state index contributed by atoms with van der Waals surface area (Å²) in [6, 6.07) is 13.5. The number of nitrogens with zero attached hydrogens (tertiary/aromatic N) is 1. The normalized spacial score (nSPS) is 10.8. The Bertz CT molecular complexity index is 797. The van der Waals surface area contributed by atoms with Gasteiger partial charge < -0.3 is 10.3 Å². The van der Waals surface area contributed by atoms with Crippen LogP contribution in [0.2, 0.25) is 5.02 Å². The van der Waals surface area contributed by atoms with E-state index >= 15 is 0 Å². The van der Waals surface area contributed by atoms with E-state index in [2.05, 4.69) is 21.1 Å². The SMILES string of the molecule is Cc1ccc(-c2onc(N)c2-c2ccc(Cl)cc2)c(Br)c1. The van der Waals surface area contributed by atoms with Crippen molar-refractivity contribution in [3.05, 3.63) is 57.5 Å². The minimum atomic E-state index is 0.361. The highest BCUT2D eigenvalue weighted by molar-refractivity contribution is 9.10. The monoisotopic (exact) mass is 362 g/mol. The Hall–Kier alpha value is -1.78. The van der Waals surface area contributed by atoms with Crippen LogP contribution in [0.1, 0.15) is 5.56 Å². The van der Waals surface area contributed by atoms with Gasteiger partial charge in [0.05, 0.1) is 5.56 Å². The Labute approximate surface area is 135 Å². The van der Waals surface area contributed by atoms with Crippen molar-refractivity contribution in [3.63, 3.8) is 0 Å². The van der Waals surface area contributed by atoms with Gasteiger partial charge in [-0.15, -0.1) is 0 Å². The molecule has 1 heterocycles. The maximum Gasteiger partial charge on any atom is 0.178 e. The molecule has 0 saturated carbocycles. The Balaban J connectivity index is 2.19. The molecule has 0 aliphatic rings. The number of hydrogen-bond acceptors (Lipinski definition) is 3. The van der Waals surface area contributed by atoms with Crippen molar-refractivity contribution in [1.82, 2.24) is 5.16 Å². The first-order valence-electron chi connectivity index (χ1n) is 6.34. The van der Waals surface area contributed by atoms with Gasteiger partial charge in [-0.25, -0.2) is 0 Å². The number of nitrogen functional groups attached to an aromatic ring is 1. The molecule has 21 heavy (non-hydrogen) atoms. The summed E-state index contributed by atoms with van der Waals surface area (Å²) in [5, 5.41) is 4.58. The lowest BCUT2D eigenvalue weighted by Gasteiger charge is -2.06. The predicted octanol–water partition coefficient (Wildman–Crippen LogP) is 5.32. The van der Waals surface area contributed by atoms with Gasteiger partial charge in [0.15, 0.2) is 11.6 Å². The second-order valence-electron chi connectivity index (χ2n) is 4.76. The van der Waals surface area contributed by atoms with Crippen LogP contribution >= 0.6 is 27.5 Å². The molecular weight excluding hydrogens is 352 g/mol. The van der Waals surface area contributed by atoms with Crippen LogP contribution in [0.3, 0.4) is 0 Å². The number of rotatable bonds is 2. The molecule has 2 aromatic carbocycles. The van der Waals surface area contributed by atoms with E-state index < -0.39 is 0 Å². The van der Waals surface area contributed by atoms with Crippen LogP contribution in [0.5, 0.6) is 0 Å². The summed E-state index contributed by atoms with van der Waals surface area (Å²) in [5.74, 6) is 1.00. The minimum Gasteiger partial charge on any atom is -0.380 e. The minimum absolute atomic E-state index is 0.361. The average Bonchev–Trinajstić information content (AvgIpc) is 2.82. The van der Waals surface area contributed by atoms with E-state index in [4.69, 9.17) is 21.9 Å². The van der Waals surface area contributed by atoms with E-state index in [1.54, 1.807) is 0 Å². The molecule has 0 aliphatic carbocycles. The number of anilines is 1. The van der Waals surface area contributed by atoms with Crippen molar-refractivity contribution in [2.24, 2.45) is 0 Å². The second-order valence-corrected chi connectivity index (χ2v) is 6.05. The number of nitrogens with two attached hydrogens (primary N) is 1. The number of aryl methyl sites for hydroxylation is 1. The molecule has 0 unspecified atom stereocenters. The van der Waals surface area contributed by atoms with Crippen LogP contribution in [0, 0.1) is 6.92 Å². The first-order valence-corrected chi connectivity index (χ1v) is 7.51. The summed E-state index contributed by atoms with van der Waals surface area (Å²) in [7, 11) is 0. The van der Waals surface area contributed by atoms with Crippen molar-refractivity contribution < 1.29 is 4.52 Å². The zero-order valence-corrected chi connectivity index (χ0v) is 13.6. The van der Waals surface area contributed by atoms with Crippen molar-refractivity contribution in [2.75, 3.05) is 5.73 Å². The van der Waals surface area contributed by atoms with Crippen LogP contribution in [-0.4, -0.2) is 5.16 Å². The topological polar surface area (TPSA) is 52.0 Å². The Morgan fingerprint density at radius 2 is 1.86 bits per heavy atom. The maximum absolute atomic E-state index is 5.98. The fourth-order valence-electron chi connectivity index (χ4n) is 2.19. The van der Waals surface area contributed by atoms with E-state index in [0.29, 0.717) is 16.6 Å².